The number of aromatic nitrogens is 2. The first-order valence-electron chi connectivity index (χ1n) is 6.38. The van der Waals surface area contributed by atoms with Gasteiger partial charge < -0.3 is 5.32 Å². The summed E-state index contributed by atoms with van der Waals surface area (Å²) in [7, 11) is 1.97. The van der Waals surface area contributed by atoms with Gasteiger partial charge in [0.25, 0.3) is 0 Å². The summed E-state index contributed by atoms with van der Waals surface area (Å²) in [6, 6.07) is 4.47. The molecule has 18 heavy (non-hydrogen) atoms. The van der Waals surface area contributed by atoms with E-state index in [0.717, 1.165) is 13.0 Å². The van der Waals surface area contributed by atoms with E-state index in [4.69, 9.17) is 0 Å². The summed E-state index contributed by atoms with van der Waals surface area (Å²) >= 11 is 0. The quantitative estimate of drug-likeness (QED) is 0.867. The monoisotopic (exact) mass is 243 g/mol. The van der Waals surface area contributed by atoms with E-state index in [1.54, 1.807) is 0 Å². The smallest absolute Gasteiger partial charge is 0.0568 e. The number of aromatic amines is 1. The van der Waals surface area contributed by atoms with E-state index < -0.39 is 0 Å². The predicted octanol–water partition coefficient (Wildman–Crippen LogP) is 2.76. The van der Waals surface area contributed by atoms with Gasteiger partial charge in [-0.15, -0.1) is 0 Å². The van der Waals surface area contributed by atoms with Crippen LogP contribution in [0.1, 0.15) is 22.4 Å². The van der Waals surface area contributed by atoms with Crippen molar-refractivity contribution in [2.24, 2.45) is 0 Å². The molecular formula is C15H21N3. The minimum absolute atomic E-state index is 0.957. The zero-order chi connectivity index (χ0) is 13.1. The topological polar surface area (TPSA) is 40.7 Å². The van der Waals surface area contributed by atoms with Gasteiger partial charge in [-0.3, -0.25) is 5.10 Å². The maximum absolute atomic E-state index is 4.20. The number of likely N-dealkylation sites (N-methyl/N-ethyl adjacent to an activating group) is 1. The van der Waals surface area contributed by atoms with E-state index in [1.807, 2.05) is 13.2 Å². The number of hydrogen-bond acceptors (Lipinski definition) is 2. The lowest BCUT2D eigenvalue weighted by molar-refractivity contribution is 0.773. The van der Waals surface area contributed by atoms with Crippen molar-refractivity contribution >= 4 is 0 Å². The summed E-state index contributed by atoms with van der Waals surface area (Å²) in [5, 5.41) is 10.5. The van der Waals surface area contributed by atoms with Crippen molar-refractivity contribution in [3.05, 3.63) is 40.7 Å². The van der Waals surface area contributed by atoms with Crippen LogP contribution in [0.15, 0.2) is 18.3 Å². The molecule has 1 heterocycles. The van der Waals surface area contributed by atoms with Gasteiger partial charge in [0.05, 0.1) is 6.20 Å². The maximum atomic E-state index is 4.20. The third-order valence-electron chi connectivity index (χ3n) is 3.29. The van der Waals surface area contributed by atoms with Gasteiger partial charge in [0.2, 0.25) is 0 Å². The molecule has 3 heteroatoms. The molecule has 0 unspecified atom stereocenters. The average molecular weight is 243 g/mol. The van der Waals surface area contributed by atoms with Crippen molar-refractivity contribution in [1.82, 2.24) is 15.5 Å². The molecule has 2 N–H and O–H groups in total. The molecule has 1 aromatic heterocycles. The van der Waals surface area contributed by atoms with Gasteiger partial charge in [-0.25, -0.2) is 0 Å². The van der Waals surface area contributed by atoms with Gasteiger partial charge in [-0.2, -0.15) is 5.10 Å². The fourth-order valence-corrected chi connectivity index (χ4v) is 2.57. The van der Waals surface area contributed by atoms with E-state index in [-0.39, 0.29) is 0 Å². The Bertz CT molecular complexity index is 517. The fourth-order valence-electron chi connectivity index (χ4n) is 2.57. The second-order valence-corrected chi connectivity index (χ2v) is 4.89. The summed E-state index contributed by atoms with van der Waals surface area (Å²) in [4.78, 5) is 0. The summed E-state index contributed by atoms with van der Waals surface area (Å²) in [5.41, 5.74) is 7.72. The first-order valence-corrected chi connectivity index (χ1v) is 6.38. The molecular weight excluding hydrogens is 222 g/mol. The predicted molar refractivity (Wildman–Crippen MR) is 75.9 cm³/mol. The van der Waals surface area contributed by atoms with E-state index >= 15 is 0 Å². The lowest BCUT2D eigenvalue weighted by Gasteiger charge is -2.11. The first-order chi connectivity index (χ1) is 8.63. The molecule has 3 nitrogen and oxygen atoms in total. The van der Waals surface area contributed by atoms with Crippen LogP contribution in [-0.2, 0) is 6.42 Å². The van der Waals surface area contributed by atoms with Gasteiger partial charge >= 0.3 is 0 Å². The van der Waals surface area contributed by atoms with Crippen molar-refractivity contribution in [2.45, 2.75) is 27.2 Å². The molecule has 2 aromatic rings. The summed E-state index contributed by atoms with van der Waals surface area (Å²) < 4.78 is 0. The molecule has 2 rings (SSSR count). The van der Waals surface area contributed by atoms with Crippen molar-refractivity contribution in [2.75, 3.05) is 13.6 Å². The Balaban J connectivity index is 2.46. The molecule has 1 aromatic carbocycles. The highest BCUT2D eigenvalue weighted by molar-refractivity contribution is 5.72. The van der Waals surface area contributed by atoms with E-state index in [2.05, 4.69) is 48.4 Å². The number of rotatable bonds is 4. The molecule has 0 aliphatic carbocycles. The average Bonchev–Trinajstić information content (AvgIpc) is 2.73. The third kappa shape index (κ3) is 2.46. The number of benzene rings is 1. The van der Waals surface area contributed by atoms with Gasteiger partial charge in [-0.05, 0) is 44.5 Å². The van der Waals surface area contributed by atoms with Crippen LogP contribution in [0.5, 0.6) is 0 Å². The molecule has 0 saturated heterocycles. The molecule has 96 valence electrons. The summed E-state index contributed by atoms with van der Waals surface area (Å²) in [6.07, 6.45) is 2.91. The van der Waals surface area contributed by atoms with Crippen molar-refractivity contribution in [3.8, 4) is 11.1 Å². The number of hydrogen-bond donors (Lipinski definition) is 2. The SMILES string of the molecule is CNCCc1[nH]ncc1-c1c(C)cc(C)cc1C. The Morgan fingerprint density at radius 1 is 1.17 bits per heavy atom. The molecule has 0 fully saturated rings. The minimum Gasteiger partial charge on any atom is -0.319 e. The van der Waals surface area contributed by atoms with E-state index in [0.29, 0.717) is 0 Å². The number of H-pyrrole nitrogens is 1. The number of nitrogens with one attached hydrogen (secondary N) is 2. The lowest BCUT2D eigenvalue weighted by Crippen LogP contribution is -2.11. The van der Waals surface area contributed by atoms with Crippen LogP contribution in [0.2, 0.25) is 0 Å². The largest absolute Gasteiger partial charge is 0.319 e. The molecule has 0 aliphatic heterocycles. The lowest BCUT2D eigenvalue weighted by atomic mass is 9.93. The Morgan fingerprint density at radius 3 is 2.44 bits per heavy atom. The first kappa shape index (κ1) is 12.8. The Morgan fingerprint density at radius 2 is 1.83 bits per heavy atom. The Labute approximate surface area is 109 Å². The summed E-state index contributed by atoms with van der Waals surface area (Å²) in [6.45, 7) is 7.44. The zero-order valence-electron chi connectivity index (χ0n) is 11.6. The molecule has 0 radical (unpaired) electrons. The Kier molecular flexibility index (Phi) is 3.82. The van der Waals surface area contributed by atoms with Crippen molar-refractivity contribution in [3.63, 3.8) is 0 Å². The van der Waals surface area contributed by atoms with Gasteiger partial charge in [0.15, 0.2) is 0 Å². The highest BCUT2D eigenvalue weighted by Crippen LogP contribution is 2.30. The van der Waals surface area contributed by atoms with E-state index in [9.17, 15) is 0 Å². The van der Waals surface area contributed by atoms with Crippen LogP contribution in [-0.4, -0.2) is 23.8 Å². The molecule has 0 spiro atoms. The van der Waals surface area contributed by atoms with Crippen LogP contribution in [0.25, 0.3) is 11.1 Å². The molecule has 0 atom stereocenters. The normalized spacial score (nSPS) is 10.9. The highest BCUT2D eigenvalue weighted by atomic mass is 15.1. The van der Waals surface area contributed by atoms with Gasteiger partial charge in [0, 0.05) is 24.2 Å². The highest BCUT2D eigenvalue weighted by Gasteiger charge is 2.12. The molecule has 0 aliphatic rings. The fraction of sp³-hybridized carbons (Fsp3) is 0.400. The van der Waals surface area contributed by atoms with E-state index in [1.165, 1.54) is 33.5 Å². The molecule has 0 amide bonds. The molecule has 0 bridgehead atoms. The van der Waals surface area contributed by atoms with Crippen LogP contribution in [0, 0.1) is 20.8 Å². The third-order valence-corrected chi connectivity index (χ3v) is 3.29. The summed E-state index contributed by atoms with van der Waals surface area (Å²) in [5.74, 6) is 0. The van der Waals surface area contributed by atoms with Crippen LogP contribution < -0.4 is 5.32 Å². The standard InChI is InChI=1S/C15H21N3/c1-10-7-11(2)15(12(3)8-10)13-9-17-18-14(13)5-6-16-4/h7-9,16H,5-6H2,1-4H3,(H,17,18). The Hall–Kier alpha value is -1.61. The zero-order valence-corrected chi connectivity index (χ0v) is 11.6. The van der Waals surface area contributed by atoms with Crippen molar-refractivity contribution in [1.29, 1.82) is 0 Å². The second-order valence-electron chi connectivity index (χ2n) is 4.89. The number of aryl methyl sites for hydroxylation is 3. The van der Waals surface area contributed by atoms with Crippen LogP contribution >= 0.6 is 0 Å². The van der Waals surface area contributed by atoms with Crippen molar-refractivity contribution < 1.29 is 0 Å². The minimum atomic E-state index is 0.957. The van der Waals surface area contributed by atoms with Gasteiger partial charge in [-0.1, -0.05) is 17.7 Å². The molecule has 0 saturated carbocycles. The second kappa shape index (κ2) is 5.36. The van der Waals surface area contributed by atoms with Gasteiger partial charge in [0.1, 0.15) is 0 Å². The maximum Gasteiger partial charge on any atom is 0.0568 e. The number of nitrogens with zero attached hydrogens (tertiary/aromatic N) is 1. The van der Waals surface area contributed by atoms with Crippen LogP contribution in [0.3, 0.4) is 0 Å². The van der Waals surface area contributed by atoms with Crippen LogP contribution in [0.4, 0.5) is 0 Å².